The van der Waals surface area contributed by atoms with Crippen molar-refractivity contribution in [3.8, 4) is 0 Å². The van der Waals surface area contributed by atoms with Crippen LogP contribution in [0.5, 0.6) is 0 Å². The van der Waals surface area contributed by atoms with E-state index >= 15 is 0 Å². The molecule has 1 aromatic rings. The molecule has 2 aliphatic carbocycles. The number of hydrogen-bond donors (Lipinski definition) is 2. The van der Waals surface area contributed by atoms with Crippen LogP contribution in [0.3, 0.4) is 0 Å². The Labute approximate surface area is 143 Å². The molecule has 0 spiro atoms. The van der Waals surface area contributed by atoms with E-state index in [9.17, 15) is 4.79 Å². The number of aryl methyl sites for hydroxylation is 1. The summed E-state index contributed by atoms with van der Waals surface area (Å²) in [5.74, 6) is 0. The van der Waals surface area contributed by atoms with Crippen LogP contribution >= 0.6 is 11.3 Å². The minimum atomic E-state index is -0.433. The lowest BCUT2D eigenvalue weighted by Crippen LogP contribution is -2.39. The molecule has 0 bridgehead atoms. The largest absolute Gasteiger partial charge is 0.444 e. The molecule has 128 valence electrons. The minimum Gasteiger partial charge on any atom is -0.444 e. The van der Waals surface area contributed by atoms with Crippen LogP contribution in [0.1, 0.15) is 69.4 Å². The molecular weight excluding hydrogens is 308 g/mol. The van der Waals surface area contributed by atoms with Gasteiger partial charge in [0, 0.05) is 23.0 Å². The quantitative estimate of drug-likeness (QED) is 0.871. The van der Waals surface area contributed by atoms with Crippen molar-refractivity contribution < 1.29 is 9.53 Å². The van der Waals surface area contributed by atoms with Gasteiger partial charge in [-0.2, -0.15) is 0 Å². The Hall–Kier alpha value is -1.07. The van der Waals surface area contributed by atoms with Crippen molar-refractivity contribution in [2.45, 2.75) is 83.0 Å². The predicted molar refractivity (Wildman–Crippen MR) is 93.9 cm³/mol. The minimum absolute atomic E-state index is 0.230. The van der Waals surface area contributed by atoms with Crippen molar-refractivity contribution in [1.82, 2.24) is 10.6 Å². The summed E-state index contributed by atoms with van der Waals surface area (Å²) in [5, 5.41) is 9.06. The molecule has 1 amide bonds. The van der Waals surface area contributed by atoms with E-state index in [1.807, 2.05) is 32.1 Å². The number of carbonyl (C=O) groups is 1. The highest BCUT2D eigenvalue weighted by Gasteiger charge is 2.30. The first kappa shape index (κ1) is 16.8. The maximum Gasteiger partial charge on any atom is 0.407 e. The lowest BCUT2D eigenvalue weighted by Gasteiger charge is -2.27. The van der Waals surface area contributed by atoms with Crippen molar-refractivity contribution in [1.29, 1.82) is 0 Å². The normalized spacial score (nSPS) is 27.5. The number of carbonyl (C=O) groups excluding carboxylic acids is 1. The highest BCUT2D eigenvalue weighted by molar-refractivity contribution is 7.10. The highest BCUT2D eigenvalue weighted by atomic mass is 32.1. The van der Waals surface area contributed by atoms with Crippen molar-refractivity contribution in [2.24, 2.45) is 0 Å². The third kappa shape index (κ3) is 4.48. The zero-order valence-corrected chi connectivity index (χ0v) is 15.2. The van der Waals surface area contributed by atoms with Gasteiger partial charge in [-0.05, 0) is 76.3 Å². The van der Waals surface area contributed by atoms with E-state index in [0.717, 1.165) is 19.3 Å². The summed E-state index contributed by atoms with van der Waals surface area (Å²) in [6.45, 7) is 5.69. The van der Waals surface area contributed by atoms with Gasteiger partial charge < -0.3 is 15.4 Å². The van der Waals surface area contributed by atoms with E-state index in [0.29, 0.717) is 12.1 Å². The predicted octanol–water partition coefficient (Wildman–Crippen LogP) is 4.16. The summed E-state index contributed by atoms with van der Waals surface area (Å²) in [4.78, 5) is 13.4. The summed E-state index contributed by atoms with van der Waals surface area (Å²) in [7, 11) is 0. The number of ether oxygens (including phenoxy) is 1. The zero-order valence-electron chi connectivity index (χ0n) is 14.4. The fraction of sp³-hybridized carbons (Fsp3) is 0.722. The first-order valence-electron chi connectivity index (χ1n) is 8.72. The van der Waals surface area contributed by atoms with Crippen LogP contribution in [0.4, 0.5) is 4.79 Å². The molecule has 3 rings (SSSR count). The summed E-state index contributed by atoms with van der Waals surface area (Å²) >= 11 is 1.89. The van der Waals surface area contributed by atoms with Crippen LogP contribution in [0.25, 0.3) is 0 Å². The van der Waals surface area contributed by atoms with Gasteiger partial charge in [-0.15, -0.1) is 11.3 Å². The van der Waals surface area contributed by atoms with Crippen LogP contribution in [-0.4, -0.2) is 23.8 Å². The Bertz CT molecular complexity index is 549. The van der Waals surface area contributed by atoms with Gasteiger partial charge in [-0.3, -0.25) is 0 Å². The first-order valence-corrected chi connectivity index (χ1v) is 9.60. The van der Waals surface area contributed by atoms with Gasteiger partial charge in [0.2, 0.25) is 0 Å². The number of hydrogen-bond acceptors (Lipinski definition) is 4. The lowest BCUT2D eigenvalue weighted by atomic mass is 9.93. The average Bonchev–Trinajstić information content (AvgIpc) is 3.06. The molecule has 0 aliphatic heterocycles. The standard InChI is InChI=1S/C18H28N2O2S/c1-18(2,3)22-17(21)20-13-8-7-12(11-13)19-15-5-4-6-16-14(15)9-10-23-16/h9-10,12-13,15,19H,4-8,11H2,1-3H3,(H,20,21). The van der Waals surface area contributed by atoms with E-state index in [2.05, 4.69) is 22.1 Å². The van der Waals surface area contributed by atoms with Gasteiger partial charge in [-0.1, -0.05) is 0 Å². The molecule has 1 heterocycles. The lowest BCUT2D eigenvalue weighted by molar-refractivity contribution is 0.0505. The Kier molecular flexibility index (Phi) is 4.97. The fourth-order valence-electron chi connectivity index (χ4n) is 3.68. The average molecular weight is 337 g/mol. The third-order valence-electron chi connectivity index (χ3n) is 4.64. The van der Waals surface area contributed by atoms with Crippen molar-refractivity contribution >= 4 is 17.4 Å². The second kappa shape index (κ2) is 6.81. The molecule has 4 nitrogen and oxygen atoms in total. The van der Waals surface area contributed by atoms with Crippen LogP contribution in [0.15, 0.2) is 11.4 Å². The van der Waals surface area contributed by atoms with Crippen LogP contribution < -0.4 is 10.6 Å². The number of nitrogens with one attached hydrogen (secondary N) is 2. The molecule has 3 unspecified atom stereocenters. The van der Waals surface area contributed by atoms with Gasteiger partial charge in [-0.25, -0.2) is 4.79 Å². The van der Waals surface area contributed by atoms with Gasteiger partial charge in [0.1, 0.15) is 5.60 Å². The number of rotatable bonds is 3. The van der Waals surface area contributed by atoms with E-state index in [1.165, 1.54) is 24.8 Å². The second-order valence-electron chi connectivity index (χ2n) is 7.76. The molecule has 0 aromatic carbocycles. The fourth-order valence-corrected chi connectivity index (χ4v) is 4.67. The summed E-state index contributed by atoms with van der Waals surface area (Å²) in [6.07, 6.45) is 6.59. The molecule has 5 heteroatoms. The van der Waals surface area contributed by atoms with Gasteiger partial charge >= 0.3 is 6.09 Å². The van der Waals surface area contributed by atoms with Crippen LogP contribution in [0.2, 0.25) is 0 Å². The number of amides is 1. The molecule has 23 heavy (non-hydrogen) atoms. The van der Waals surface area contributed by atoms with Crippen LogP contribution in [0, 0.1) is 0 Å². The SMILES string of the molecule is CC(C)(C)OC(=O)NC1CCC(NC2CCCc3sccc32)C1. The molecule has 2 aliphatic rings. The second-order valence-corrected chi connectivity index (χ2v) is 8.76. The Morgan fingerprint density at radius 2 is 2.04 bits per heavy atom. The highest BCUT2D eigenvalue weighted by Crippen LogP contribution is 2.34. The Balaban J connectivity index is 1.48. The van der Waals surface area contributed by atoms with Gasteiger partial charge in [0.05, 0.1) is 0 Å². The first-order chi connectivity index (χ1) is 10.9. The molecule has 0 saturated heterocycles. The van der Waals surface area contributed by atoms with Crippen molar-refractivity contribution in [3.63, 3.8) is 0 Å². The maximum atomic E-state index is 11.9. The van der Waals surface area contributed by atoms with Gasteiger partial charge in [0.25, 0.3) is 0 Å². The Morgan fingerprint density at radius 3 is 2.83 bits per heavy atom. The summed E-state index contributed by atoms with van der Waals surface area (Å²) < 4.78 is 5.35. The molecular formula is C18H28N2O2S. The smallest absolute Gasteiger partial charge is 0.407 e. The topological polar surface area (TPSA) is 50.4 Å². The summed E-state index contributed by atoms with van der Waals surface area (Å²) in [5.41, 5.74) is 1.07. The van der Waals surface area contributed by atoms with E-state index in [-0.39, 0.29) is 12.1 Å². The number of thiophene rings is 1. The molecule has 0 radical (unpaired) electrons. The third-order valence-corrected chi connectivity index (χ3v) is 5.64. The molecule has 1 fully saturated rings. The van der Waals surface area contributed by atoms with Crippen LogP contribution in [-0.2, 0) is 11.2 Å². The van der Waals surface area contributed by atoms with Gasteiger partial charge in [0.15, 0.2) is 0 Å². The van der Waals surface area contributed by atoms with E-state index in [1.54, 1.807) is 4.88 Å². The van der Waals surface area contributed by atoms with E-state index in [4.69, 9.17) is 4.74 Å². The van der Waals surface area contributed by atoms with Crippen molar-refractivity contribution in [2.75, 3.05) is 0 Å². The molecule has 1 aromatic heterocycles. The Morgan fingerprint density at radius 1 is 1.26 bits per heavy atom. The number of fused-ring (bicyclic) bond motifs is 1. The maximum absolute atomic E-state index is 11.9. The number of alkyl carbamates (subject to hydrolysis) is 1. The molecule has 1 saturated carbocycles. The monoisotopic (exact) mass is 336 g/mol. The van der Waals surface area contributed by atoms with Crippen molar-refractivity contribution in [3.05, 3.63) is 21.9 Å². The zero-order chi connectivity index (χ0) is 16.4. The van der Waals surface area contributed by atoms with E-state index < -0.39 is 5.60 Å². The summed E-state index contributed by atoms with van der Waals surface area (Å²) in [6, 6.07) is 3.50. The molecule has 2 N–H and O–H groups in total. The molecule has 3 atom stereocenters.